The monoisotopic (exact) mass is 476 g/mol. The molecule has 0 saturated heterocycles. The number of aromatic amines is 1. The number of aryl methyl sites for hydroxylation is 1. The molecule has 0 radical (unpaired) electrons. The maximum atomic E-state index is 13.5. The summed E-state index contributed by atoms with van der Waals surface area (Å²) in [6.07, 6.45) is 0. The zero-order chi connectivity index (χ0) is 24.4. The highest BCUT2D eigenvalue weighted by Crippen LogP contribution is 2.27. The number of nitro groups is 1. The minimum absolute atomic E-state index is 0.0603. The van der Waals surface area contributed by atoms with Crippen LogP contribution in [0.1, 0.15) is 18.1 Å². The fraction of sp³-hybridized carbons (Fsp3) is 0.120. The van der Waals surface area contributed by atoms with Gasteiger partial charge in [-0.25, -0.2) is 4.68 Å². The van der Waals surface area contributed by atoms with E-state index in [9.17, 15) is 14.9 Å². The third kappa shape index (κ3) is 4.49. The Kier molecular flexibility index (Phi) is 6.34. The van der Waals surface area contributed by atoms with Crippen molar-refractivity contribution in [2.45, 2.75) is 13.8 Å². The molecular weight excluding hydrogens is 456 g/mol. The number of hydrogen-bond donors (Lipinski definition) is 1. The van der Waals surface area contributed by atoms with Crippen LogP contribution in [0, 0.1) is 17.0 Å². The minimum Gasteiger partial charge on any atom is -0.497 e. The van der Waals surface area contributed by atoms with Crippen LogP contribution in [0.2, 0.25) is 5.02 Å². The first-order chi connectivity index (χ1) is 16.3. The number of methoxy groups -OCH3 is 1. The number of halogens is 1. The van der Waals surface area contributed by atoms with Crippen LogP contribution in [-0.4, -0.2) is 27.5 Å². The number of nitro benzene ring substituents is 1. The Labute approximate surface area is 200 Å². The minimum atomic E-state index is -0.485. The average Bonchev–Trinajstić information content (AvgIpc) is 3.18. The molecule has 0 aliphatic rings. The second-order valence-electron chi connectivity index (χ2n) is 7.63. The van der Waals surface area contributed by atoms with E-state index in [1.807, 2.05) is 25.1 Å². The number of rotatable bonds is 6. The molecule has 0 amide bonds. The van der Waals surface area contributed by atoms with Gasteiger partial charge in [-0.3, -0.25) is 25.0 Å². The Morgan fingerprint density at radius 1 is 1.09 bits per heavy atom. The highest BCUT2D eigenvalue weighted by molar-refractivity contribution is 6.30. The molecule has 34 heavy (non-hydrogen) atoms. The van der Waals surface area contributed by atoms with Gasteiger partial charge in [0.25, 0.3) is 11.2 Å². The number of hydrogen-bond acceptors (Lipinski definition) is 5. The molecule has 8 nitrogen and oxygen atoms in total. The van der Waals surface area contributed by atoms with Crippen molar-refractivity contribution in [3.8, 4) is 22.7 Å². The number of benzene rings is 3. The molecule has 1 aromatic heterocycles. The second-order valence-corrected chi connectivity index (χ2v) is 8.07. The summed E-state index contributed by atoms with van der Waals surface area (Å²) in [5.41, 5.74) is 3.88. The predicted molar refractivity (Wildman–Crippen MR) is 133 cm³/mol. The van der Waals surface area contributed by atoms with Crippen LogP contribution in [0.4, 0.5) is 11.4 Å². The van der Waals surface area contributed by atoms with Crippen LogP contribution >= 0.6 is 11.6 Å². The quantitative estimate of drug-likeness (QED) is 0.214. The highest BCUT2D eigenvalue weighted by atomic mass is 35.5. The standard InChI is InChI=1S/C25H21ClN4O4/c1-15-14-18(26)6-13-22(15)27-16(2)23-24(17-4-11-21(34-3)12-5-17)28-29(25(23)31)19-7-9-20(10-8-19)30(32)33/h4-14,28H,1-3H3. The number of aromatic nitrogens is 2. The number of nitrogens with zero attached hydrogens (tertiary/aromatic N) is 3. The van der Waals surface area contributed by atoms with Gasteiger partial charge in [-0.15, -0.1) is 0 Å². The number of aliphatic imine (C=N–C) groups is 1. The Morgan fingerprint density at radius 2 is 1.76 bits per heavy atom. The van der Waals surface area contributed by atoms with Crippen LogP contribution in [0.5, 0.6) is 5.75 Å². The van der Waals surface area contributed by atoms with Gasteiger partial charge < -0.3 is 4.74 Å². The maximum Gasteiger partial charge on any atom is 0.280 e. The van der Waals surface area contributed by atoms with Crippen molar-refractivity contribution in [3.05, 3.63) is 103 Å². The maximum absolute atomic E-state index is 13.5. The van der Waals surface area contributed by atoms with Crippen molar-refractivity contribution in [1.29, 1.82) is 0 Å². The van der Waals surface area contributed by atoms with Gasteiger partial charge in [-0.05, 0) is 74.0 Å². The molecule has 0 bridgehead atoms. The SMILES string of the molecule is COc1ccc(-c2[nH]n(-c3ccc([N+](=O)[O-])cc3)c(=O)c2C(C)=Nc2ccc(Cl)cc2C)cc1. The van der Waals surface area contributed by atoms with Gasteiger partial charge in [0.1, 0.15) is 5.75 Å². The molecule has 172 valence electrons. The van der Waals surface area contributed by atoms with Gasteiger partial charge >= 0.3 is 0 Å². The van der Waals surface area contributed by atoms with Gasteiger partial charge in [0, 0.05) is 22.7 Å². The van der Waals surface area contributed by atoms with E-state index < -0.39 is 4.92 Å². The predicted octanol–water partition coefficient (Wildman–Crippen LogP) is 5.85. The lowest BCUT2D eigenvalue weighted by molar-refractivity contribution is -0.384. The lowest BCUT2D eigenvalue weighted by atomic mass is 10.0. The van der Waals surface area contributed by atoms with Crippen molar-refractivity contribution < 1.29 is 9.66 Å². The fourth-order valence-corrected chi connectivity index (χ4v) is 3.85. The van der Waals surface area contributed by atoms with Crippen LogP contribution in [-0.2, 0) is 0 Å². The molecule has 0 atom stereocenters. The molecule has 0 aliphatic carbocycles. The first-order valence-electron chi connectivity index (χ1n) is 10.3. The summed E-state index contributed by atoms with van der Waals surface area (Å²) in [7, 11) is 1.58. The van der Waals surface area contributed by atoms with Crippen LogP contribution in [0.25, 0.3) is 16.9 Å². The van der Waals surface area contributed by atoms with Gasteiger partial charge in [0.2, 0.25) is 0 Å². The summed E-state index contributed by atoms with van der Waals surface area (Å²) < 4.78 is 6.60. The number of ether oxygens (including phenoxy) is 1. The van der Waals surface area contributed by atoms with Crippen molar-refractivity contribution in [3.63, 3.8) is 0 Å². The summed E-state index contributed by atoms with van der Waals surface area (Å²) in [6.45, 7) is 3.67. The van der Waals surface area contributed by atoms with E-state index in [0.717, 1.165) is 11.1 Å². The van der Waals surface area contributed by atoms with Crippen LogP contribution in [0.3, 0.4) is 0 Å². The van der Waals surface area contributed by atoms with E-state index in [0.29, 0.717) is 39.1 Å². The molecule has 1 N–H and O–H groups in total. The third-order valence-electron chi connectivity index (χ3n) is 5.40. The van der Waals surface area contributed by atoms with Crippen LogP contribution < -0.4 is 10.3 Å². The van der Waals surface area contributed by atoms with Crippen LogP contribution in [0.15, 0.2) is 76.5 Å². The number of non-ortho nitro benzene ring substituents is 1. The van der Waals surface area contributed by atoms with Gasteiger partial charge in [0.15, 0.2) is 0 Å². The van der Waals surface area contributed by atoms with E-state index >= 15 is 0 Å². The summed E-state index contributed by atoms with van der Waals surface area (Å²) in [5.74, 6) is 0.685. The normalized spacial score (nSPS) is 11.5. The lowest BCUT2D eigenvalue weighted by Crippen LogP contribution is -2.19. The van der Waals surface area contributed by atoms with Crippen molar-refractivity contribution in [2.24, 2.45) is 4.99 Å². The second kappa shape index (κ2) is 9.36. The van der Waals surface area contributed by atoms with E-state index in [2.05, 4.69) is 5.10 Å². The van der Waals surface area contributed by atoms with E-state index in [1.165, 1.54) is 28.9 Å². The summed E-state index contributed by atoms with van der Waals surface area (Å²) in [6, 6.07) is 18.4. The molecular formula is C25H21ClN4O4. The van der Waals surface area contributed by atoms with Gasteiger partial charge in [0.05, 0.1) is 40.4 Å². The van der Waals surface area contributed by atoms with E-state index in [4.69, 9.17) is 21.3 Å². The zero-order valence-corrected chi connectivity index (χ0v) is 19.5. The first-order valence-corrected chi connectivity index (χ1v) is 10.7. The smallest absolute Gasteiger partial charge is 0.280 e. The lowest BCUT2D eigenvalue weighted by Gasteiger charge is -2.06. The molecule has 0 spiro atoms. The summed E-state index contributed by atoms with van der Waals surface area (Å²) in [4.78, 5) is 28.8. The molecule has 0 fully saturated rings. The van der Waals surface area contributed by atoms with Gasteiger partial charge in [-0.1, -0.05) is 11.6 Å². The summed E-state index contributed by atoms with van der Waals surface area (Å²) in [5, 5.41) is 14.8. The molecule has 4 rings (SSSR count). The van der Waals surface area contributed by atoms with E-state index in [-0.39, 0.29) is 11.2 Å². The molecule has 0 saturated carbocycles. The molecule has 0 aliphatic heterocycles. The average molecular weight is 477 g/mol. The van der Waals surface area contributed by atoms with Gasteiger partial charge in [-0.2, -0.15) is 0 Å². The zero-order valence-electron chi connectivity index (χ0n) is 18.7. The highest BCUT2D eigenvalue weighted by Gasteiger charge is 2.20. The molecule has 3 aromatic carbocycles. The summed E-state index contributed by atoms with van der Waals surface area (Å²) >= 11 is 6.07. The topological polar surface area (TPSA) is 103 Å². The Morgan fingerprint density at radius 3 is 2.35 bits per heavy atom. The third-order valence-corrected chi connectivity index (χ3v) is 5.63. The molecule has 9 heteroatoms. The number of nitrogens with one attached hydrogen (secondary N) is 1. The van der Waals surface area contributed by atoms with Crippen molar-refractivity contribution >= 4 is 28.7 Å². The largest absolute Gasteiger partial charge is 0.497 e. The fourth-order valence-electron chi connectivity index (χ4n) is 3.63. The van der Waals surface area contributed by atoms with Crippen molar-refractivity contribution in [2.75, 3.05) is 7.11 Å². The molecule has 0 unspecified atom stereocenters. The van der Waals surface area contributed by atoms with Crippen molar-refractivity contribution in [1.82, 2.24) is 9.78 Å². The Hall–Kier alpha value is -4.17. The Bertz CT molecular complexity index is 1450. The first kappa shape index (κ1) is 23.0. The molecule has 1 heterocycles. The Balaban J connectivity index is 1.90. The van der Waals surface area contributed by atoms with E-state index in [1.54, 1.807) is 38.3 Å². The molecule has 4 aromatic rings. The number of H-pyrrole nitrogens is 1.